The van der Waals surface area contributed by atoms with E-state index in [0.717, 1.165) is 71.1 Å². The van der Waals surface area contributed by atoms with Crippen LogP contribution in [0, 0.1) is 5.92 Å². The molecule has 1 fully saturated rings. The third-order valence-corrected chi connectivity index (χ3v) is 5.20. The van der Waals surface area contributed by atoms with Crippen molar-refractivity contribution in [1.29, 1.82) is 0 Å². The van der Waals surface area contributed by atoms with Crippen LogP contribution in [0.3, 0.4) is 0 Å². The number of hydrogen-bond donors (Lipinski definition) is 0. The van der Waals surface area contributed by atoms with E-state index in [-0.39, 0.29) is 0 Å². The summed E-state index contributed by atoms with van der Waals surface area (Å²) in [4.78, 5) is 2.43. The van der Waals surface area contributed by atoms with E-state index in [1.54, 1.807) is 6.26 Å². The van der Waals surface area contributed by atoms with Crippen LogP contribution in [0.1, 0.15) is 36.8 Å². The van der Waals surface area contributed by atoms with Gasteiger partial charge in [-0.15, -0.1) is 0 Å². The van der Waals surface area contributed by atoms with E-state index in [1.165, 1.54) is 5.69 Å². The number of rotatable bonds is 7. The van der Waals surface area contributed by atoms with Gasteiger partial charge in [-0.2, -0.15) is 5.10 Å². The molecule has 25 heavy (non-hydrogen) atoms. The summed E-state index contributed by atoms with van der Waals surface area (Å²) in [6.07, 6.45) is 6.90. The van der Waals surface area contributed by atoms with Gasteiger partial charge in [0.15, 0.2) is 0 Å². The first kappa shape index (κ1) is 16.8. The number of hydrogen-bond acceptors (Lipinski definition) is 5. The molecule has 0 unspecified atom stereocenters. The molecule has 4 heterocycles. The molecule has 0 bridgehead atoms. The molecule has 6 nitrogen and oxygen atoms in total. The van der Waals surface area contributed by atoms with E-state index >= 15 is 0 Å². The van der Waals surface area contributed by atoms with Crippen LogP contribution in [0.25, 0.3) is 0 Å². The number of aromatic nitrogens is 2. The van der Waals surface area contributed by atoms with Crippen LogP contribution in [-0.4, -0.2) is 47.7 Å². The topological polar surface area (TPSA) is 52.7 Å². The van der Waals surface area contributed by atoms with E-state index < -0.39 is 0 Å². The zero-order chi connectivity index (χ0) is 16.9. The van der Waals surface area contributed by atoms with Gasteiger partial charge >= 0.3 is 0 Å². The molecule has 2 aromatic rings. The molecule has 2 aromatic heterocycles. The smallest absolute Gasteiger partial charge is 0.117 e. The van der Waals surface area contributed by atoms with Crippen molar-refractivity contribution in [2.75, 3.05) is 33.0 Å². The lowest BCUT2D eigenvalue weighted by atomic mass is 10.0. The van der Waals surface area contributed by atoms with Gasteiger partial charge < -0.3 is 13.9 Å². The first-order valence-corrected chi connectivity index (χ1v) is 9.31. The van der Waals surface area contributed by atoms with Crippen LogP contribution in [0.5, 0.6) is 0 Å². The second-order valence-electron chi connectivity index (χ2n) is 7.09. The van der Waals surface area contributed by atoms with E-state index in [0.29, 0.717) is 12.0 Å². The molecule has 0 aromatic carbocycles. The first-order chi connectivity index (χ1) is 12.4. The van der Waals surface area contributed by atoms with Crippen molar-refractivity contribution in [3.63, 3.8) is 0 Å². The normalized spacial score (nSPS) is 22.2. The van der Waals surface area contributed by atoms with Crippen molar-refractivity contribution < 1.29 is 13.9 Å². The fourth-order valence-corrected chi connectivity index (χ4v) is 3.80. The zero-order valence-corrected chi connectivity index (χ0v) is 14.7. The predicted octanol–water partition coefficient (Wildman–Crippen LogP) is 2.87. The first-order valence-electron chi connectivity index (χ1n) is 9.31. The van der Waals surface area contributed by atoms with Crippen LogP contribution in [0.4, 0.5) is 0 Å². The predicted molar refractivity (Wildman–Crippen MR) is 93.1 cm³/mol. The SMILES string of the molecule is c1coc(CN2Cc3ccnn3[C@@H](CCOCC3CCOCC3)C2)c1. The van der Waals surface area contributed by atoms with Crippen LogP contribution >= 0.6 is 0 Å². The molecule has 136 valence electrons. The summed E-state index contributed by atoms with van der Waals surface area (Å²) in [5, 5.41) is 4.53. The van der Waals surface area contributed by atoms with Crippen molar-refractivity contribution >= 4 is 0 Å². The summed E-state index contributed by atoms with van der Waals surface area (Å²) < 4.78 is 19.1. The summed E-state index contributed by atoms with van der Waals surface area (Å²) in [5.74, 6) is 1.68. The molecule has 0 amide bonds. The van der Waals surface area contributed by atoms with Crippen molar-refractivity contribution in [1.82, 2.24) is 14.7 Å². The van der Waals surface area contributed by atoms with Gasteiger partial charge in [-0.1, -0.05) is 0 Å². The summed E-state index contributed by atoms with van der Waals surface area (Å²) in [6.45, 7) is 6.16. The lowest BCUT2D eigenvalue weighted by Crippen LogP contribution is -2.37. The van der Waals surface area contributed by atoms with Gasteiger partial charge in [0, 0.05) is 45.7 Å². The Morgan fingerprint density at radius 2 is 2.16 bits per heavy atom. The molecule has 0 saturated carbocycles. The van der Waals surface area contributed by atoms with Crippen molar-refractivity contribution in [2.24, 2.45) is 5.92 Å². The third kappa shape index (κ3) is 4.32. The highest BCUT2D eigenvalue weighted by Gasteiger charge is 2.26. The highest BCUT2D eigenvalue weighted by molar-refractivity contribution is 5.06. The molecule has 1 atom stereocenters. The van der Waals surface area contributed by atoms with Gasteiger partial charge in [0.05, 0.1) is 24.5 Å². The number of fused-ring (bicyclic) bond motifs is 1. The van der Waals surface area contributed by atoms with Crippen LogP contribution in [-0.2, 0) is 22.6 Å². The van der Waals surface area contributed by atoms with Gasteiger partial charge in [0.25, 0.3) is 0 Å². The average molecular weight is 345 g/mol. The number of ether oxygens (including phenoxy) is 2. The van der Waals surface area contributed by atoms with E-state index in [9.17, 15) is 0 Å². The molecule has 0 radical (unpaired) electrons. The number of nitrogens with zero attached hydrogens (tertiary/aromatic N) is 3. The summed E-state index contributed by atoms with van der Waals surface area (Å²) in [7, 11) is 0. The second kappa shape index (κ2) is 8.17. The minimum absolute atomic E-state index is 0.364. The van der Waals surface area contributed by atoms with Crippen LogP contribution in [0.15, 0.2) is 35.1 Å². The Hall–Kier alpha value is -1.63. The fourth-order valence-electron chi connectivity index (χ4n) is 3.80. The number of furan rings is 1. The Bertz CT molecular complexity index is 634. The fraction of sp³-hybridized carbons (Fsp3) is 0.632. The maximum atomic E-state index is 5.97. The van der Waals surface area contributed by atoms with Crippen molar-refractivity contribution in [2.45, 2.75) is 38.4 Å². The summed E-state index contributed by atoms with van der Waals surface area (Å²) >= 11 is 0. The molecule has 0 N–H and O–H groups in total. The van der Waals surface area contributed by atoms with Crippen LogP contribution in [0.2, 0.25) is 0 Å². The Labute approximate surface area is 148 Å². The summed E-state index contributed by atoms with van der Waals surface area (Å²) in [6, 6.07) is 6.47. The Morgan fingerprint density at radius 3 is 3.00 bits per heavy atom. The van der Waals surface area contributed by atoms with Gasteiger partial charge in [-0.25, -0.2) is 0 Å². The monoisotopic (exact) mass is 345 g/mol. The average Bonchev–Trinajstić information content (AvgIpc) is 3.31. The van der Waals surface area contributed by atoms with E-state index in [1.807, 2.05) is 18.3 Å². The van der Waals surface area contributed by atoms with Gasteiger partial charge in [-0.05, 0) is 43.4 Å². The zero-order valence-electron chi connectivity index (χ0n) is 14.7. The third-order valence-electron chi connectivity index (χ3n) is 5.20. The molecular formula is C19H27N3O3. The lowest BCUT2D eigenvalue weighted by Gasteiger charge is -2.33. The second-order valence-corrected chi connectivity index (χ2v) is 7.09. The Balaban J connectivity index is 1.29. The maximum Gasteiger partial charge on any atom is 0.117 e. The molecular weight excluding hydrogens is 318 g/mol. The molecule has 2 aliphatic rings. The maximum absolute atomic E-state index is 5.97. The Kier molecular flexibility index (Phi) is 5.49. The lowest BCUT2D eigenvalue weighted by molar-refractivity contribution is 0.0153. The molecule has 6 heteroatoms. The van der Waals surface area contributed by atoms with Crippen LogP contribution < -0.4 is 0 Å². The molecule has 1 saturated heterocycles. The molecule has 0 aliphatic carbocycles. The van der Waals surface area contributed by atoms with Gasteiger partial charge in [0.2, 0.25) is 0 Å². The quantitative estimate of drug-likeness (QED) is 0.722. The minimum Gasteiger partial charge on any atom is -0.468 e. The van der Waals surface area contributed by atoms with Crippen molar-refractivity contribution in [3.05, 3.63) is 42.1 Å². The molecule has 2 aliphatic heterocycles. The Morgan fingerprint density at radius 1 is 1.24 bits per heavy atom. The van der Waals surface area contributed by atoms with Gasteiger partial charge in [-0.3, -0.25) is 9.58 Å². The highest BCUT2D eigenvalue weighted by atomic mass is 16.5. The largest absolute Gasteiger partial charge is 0.468 e. The van der Waals surface area contributed by atoms with E-state index in [4.69, 9.17) is 13.9 Å². The standard InChI is InChI=1S/C19H27N3O3/c1-2-19(25-8-1)14-21-12-17-3-7-20-22(17)18(13-21)6-11-24-15-16-4-9-23-10-5-16/h1-3,7-8,16,18H,4-6,9-15H2/t18-/m0/s1. The highest BCUT2D eigenvalue weighted by Crippen LogP contribution is 2.25. The molecule has 0 spiro atoms. The minimum atomic E-state index is 0.364. The van der Waals surface area contributed by atoms with E-state index in [2.05, 4.69) is 20.7 Å². The van der Waals surface area contributed by atoms with Crippen molar-refractivity contribution in [3.8, 4) is 0 Å². The van der Waals surface area contributed by atoms with Gasteiger partial charge in [0.1, 0.15) is 5.76 Å². The summed E-state index contributed by atoms with van der Waals surface area (Å²) in [5.41, 5.74) is 1.27. The molecule has 4 rings (SSSR count).